The van der Waals surface area contributed by atoms with Crippen molar-refractivity contribution in [3.8, 4) is 11.1 Å². The minimum Gasteiger partial charge on any atom is -0.0683 e. The molecule has 0 bridgehead atoms. The topological polar surface area (TPSA) is 0 Å². The molecule has 0 aromatic heterocycles. The third-order valence-corrected chi connectivity index (χ3v) is 3.02. The van der Waals surface area contributed by atoms with Crippen molar-refractivity contribution >= 4 is 0 Å². The van der Waals surface area contributed by atoms with Crippen LogP contribution in [0.25, 0.3) is 11.1 Å². The van der Waals surface area contributed by atoms with Crippen LogP contribution in [0.3, 0.4) is 0 Å². The third kappa shape index (κ3) is 3.22. The molecule has 0 unspecified atom stereocenters. The summed E-state index contributed by atoms with van der Waals surface area (Å²) in [5, 5.41) is 0. The predicted octanol–water partition coefficient (Wildman–Crippen LogP) is 5.61. The highest BCUT2D eigenvalue weighted by atomic mass is 14.1. The van der Waals surface area contributed by atoms with Crippen molar-refractivity contribution in [3.05, 3.63) is 58.7 Å². The smallest absolute Gasteiger partial charge is 0.0125 e. The minimum atomic E-state index is 1.31. The standard InChI is InChI=1S/C16H18.C2H6/c1-11-5-7-15(8-6-11)16-13(3)9-12(2)10-14(16)4;1-2/h5-10H,1-4H3;1-2H3. The van der Waals surface area contributed by atoms with Crippen LogP contribution in [0.1, 0.15) is 36.1 Å². The van der Waals surface area contributed by atoms with E-state index in [4.69, 9.17) is 0 Å². The van der Waals surface area contributed by atoms with Crippen molar-refractivity contribution in [2.24, 2.45) is 0 Å². The van der Waals surface area contributed by atoms with Gasteiger partial charge >= 0.3 is 0 Å². The quantitative estimate of drug-likeness (QED) is 0.607. The Kier molecular flexibility index (Phi) is 5.15. The average Bonchev–Trinajstić information content (AvgIpc) is 2.33. The molecule has 0 saturated carbocycles. The molecule has 0 N–H and O–H groups in total. The van der Waals surface area contributed by atoms with Gasteiger partial charge in [0, 0.05) is 0 Å². The van der Waals surface area contributed by atoms with E-state index in [9.17, 15) is 0 Å². The second-order valence-electron chi connectivity index (χ2n) is 4.64. The predicted molar refractivity (Wildman–Crippen MR) is 82.2 cm³/mol. The second kappa shape index (κ2) is 6.39. The first-order chi connectivity index (χ1) is 8.58. The van der Waals surface area contributed by atoms with Crippen LogP contribution in [-0.4, -0.2) is 0 Å². The molecule has 2 aromatic carbocycles. The molecule has 18 heavy (non-hydrogen) atoms. The Morgan fingerprint density at radius 3 is 1.50 bits per heavy atom. The lowest BCUT2D eigenvalue weighted by molar-refractivity contribution is 1.32. The van der Waals surface area contributed by atoms with Gasteiger partial charge < -0.3 is 0 Å². The summed E-state index contributed by atoms with van der Waals surface area (Å²) in [6.07, 6.45) is 0. The monoisotopic (exact) mass is 240 g/mol. The Hall–Kier alpha value is -1.56. The lowest BCUT2D eigenvalue weighted by Crippen LogP contribution is -1.90. The van der Waals surface area contributed by atoms with Gasteiger partial charge in [0.1, 0.15) is 0 Å². The third-order valence-electron chi connectivity index (χ3n) is 3.02. The molecule has 0 spiro atoms. The normalized spacial score (nSPS) is 9.67. The molecule has 0 aliphatic heterocycles. The van der Waals surface area contributed by atoms with E-state index in [2.05, 4.69) is 64.1 Å². The van der Waals surface area contributed by atoms with Crippen molar-refractivity contribution in [2.75, 3.05) is 0 Å². The highest BCUT2D eigenvalue weighted by Gasteiger charge is 2.05. The summed E-state index contributed by atoms with van der Waals surface area (Å²) in [7, 11) is 0. The van der Waals surface area contributed by atoms with E-state index in [1.165, 1.54) is 33.4 Å². The molecular formula is C18H24. The summed E-state index contributed by atoms with van der Waals surface area (Å²) in [5.74, 6) is 0. The molecule has 96 valence electrons. The van der Waals surface area contributed by atoms with E-state index in [0.717, 1.165) is 0 Å². The summed E-state index contributed by atoms with van der Waals surface area (Å²) in [4.78, 5) is 0. The van der Waals surface area contributed by atoms with E-state index in [1.807, 2.05) is 13.8 Å². The summed E-state index contributed by atoms with van der Waals surface area (Å²) in [5.41, 5.74) is 8.07. The zero-order valence-electron chi connectivity index (χ0n) is 12.5. The lowest BCUT2D eigenvalue weighted by atomic mass is 9.93. The van der Waals surface area contributed by atoms with Crippen molar-refractivity contribution in [1.82, 2.24) is 0 Å². The first kappa shape index (κ1) is 14.5. The van der Waals surface area contributed by atoms with Crippen LogP contribution in [0.15, 0.2) is 36.4 Å². The molecule has 2 aromatic rings. The largest absolute Gasteiger partial charge is 0.0683 e. The first-order valence-electron chi connectivity index (χ1n) is 6.73. The molecule has 0 heteroatoms. The van der Waals surface area contributed by atoms with Gasteiger partial charge in [-0.2, -0.15) is 0 Å². The Morgan fingerprint density at radius 2 is 1.06 bits per heavy atom. The average molecular weight is 240 g/mol. The number of rotatable bonds is 1. The van der Waals surface area contributed by atoms with Crippen molar-refractivity contribution < 1.29 is 0 Å². The second-order valence-corrected chi connectivity index (χ2v) is 4.64. The molecule has 0 nitrogen and oxygen atoms in total. The van der Waals surface area contributed by atoms with Crippen LogP contribution < -0.4 is 0 Å². The zero-order chi connectivity index (χ0) is 13.7. The molecule has 0 heterocycles. The molecular weight excluding hydrogens is 216 g/mol. The van der Waals surface area contributed by atoms with Crippen molar-refractivity contribution in [3.63, 3.8) is 0 Å². The molecule has 0 amide bonds. The van der Waals surface area contributed by atoms with Gasteiger partial charge in [-0.25, -0.2) is 0 Å². The summed E-state index contributed by atoms with van der Waals surface area (Å²) in [6.45, 7) is 12.7. The Balaban J connectivity index is 0.000000771. The first-order valence-corrected chi connectivity index (χ1v) is 6.73. The van der Waals surface area contributed by atoms with Crippen LogP contribution in [0.5, 0.6) is 0 Å². The van der Waals surface area contributed by atoms with Gasteiger partial charge in [0.05, 0.1) is 0 Å². The maximum absolute atomic E-state index is 2.25. The number of hydrogen-bond acceptors (Lipinski definition) is 0. The van der Waals surface area contributed by atoms with Crippen LogP contribution in [-0.2, 0) is 0 Å². The molecule has 0 aliphatic rings. The summed E-state index contributed by atoms with van der Waals surface area (Å²) >= 11 is 0. The fourth-order valence-corrected chi connectivity index (χ4v) is 2.36. The SMILES string of the molecule is CC.Cc1ccc(-c2c(C)cc(C)cc2C)cc1. The highest BCUT2D eigenvalue weighted by molar-refractivity contribution is 5.71. The van der Waals surface area contributed by atoms with E-state index in [1.54, 1.807) is 0 Å². The van der Waals surface area contributed by atoms with Crippen molar-refractivity contribution in [1.29, 1.82) is 0 Å². The van der Waals surface area contributed by atoms with E-state index >= 15 is 0 Å². The summed E-state index contributed by atoms with van der Waals surface area (Å²) in [6, 6.07) is 13.3. The number of hydrogen-bond donors (Lipinski definition) is 0. The fourth-order valence-electron chi connectivity index (χ4n) is 2.36. The number of benzene rings is 2. The minimum absolute atomic E-state index is 1.31. The van der Waals surface area contributed by atoms with Crippen LogP contribution in [0.4, 0.5) is 0 Å². The van der Waals surface area contributed by atoms with Gasteiger partial charge in [0.25, 0.3) is 0 Å². The van der Waals surface area contributed by atoms with Gasteiger partial charge in [-0.1, -0.05) is 61.4 Å². The van der Waals surface area contributed by atoms with Crippen LogP contribution >= 0.6 is 0 Å². The van der Waals surface area contributed by atoms with E-state index < -0.39 is 0 Å². The molecule has 0 radical (unpaired) electrons. The van der Waals surface area contributed by atoms with Crippen LogP contribution in [0, 0.1) is 27.7 Å². The molecule has 0 saturated heterocycles. The number of aryl methyl sites for hydroxylation is 4. The lowest BCUT2D eigenvalue weighted by Gasteiger charge is -2.11. The van der Waals surface area contributed by atoms with Gasteiger partial charge in [-0.05, 0) is 49.9 Å². The molecule has 0 atom stereocenters. The fraction of sp³-hybridized carbons (Fsp3) is 0.333. The van der Waals surface area contributed by atoms with E-state index in [0.29, 0.717) is 0 Å². The maximum Gasteiger partial charge on any atom is -0.0125 e. The van der Waals surface area contributed by atoms with Gasteiger partial charge in [-0.3, -0.25) is 0 Å². The van der Waals surface area contributed by atoms with Gasteiger partial charge in [0.15, 0.2) is 0 Å². The zero-order valence-corrected chi connectivity index (χ0v) is 12.5. The maximum atomic E-state index is 2.25. The highest BCUT2D eigenvalue weighted by Crippen LogP contribution is 2.28. The van der Waals surface area contributed by atoms with E-state index in [-0.39, 0.29) is 0 Å². The summed E-state index contributed by atoms with van der Waals surface area (Å²) < 4.78 is 0. The van der Waals surface area contributed by atoms with Crippen LogP contribution in [0.2, 0.25) is 0 Å². The van der Waals surface area contributed by atoms with Crippen molar-refractivity contribution in [2.45, 2.75) is 41.5 Å². The molecule has 0 aliphatic carbocycles. The Morgan fingerprint density at radius 1 is 0.611 bits per heavy atom. The van der Waals surface area contributed by atoms with Gasteiger partial charge in [-0.15, -0.1) is 0 Å². The van der Waals surface area contributed by atoms with Gasteiger partial charge in [0.2, 0.25) is 0 Å². The Labute approximate surface area is 112 Å². The molecule has 2 rings (SSSR count). The molecule has 0 fully saturated rings. The Bertz CT molecular complexity index is 481.